The Morgan fingerprint density at radius 1 is 0.846 bits per heavy atom. The molecule has 0 radical (unpaired) electrons. The second kappa shape index (κ2) is 12.1. The number of carboxylic acids is 1. The summed E-state index contributed by atoms with van der Waals surface area (Å²) >= 11 is 0. The van der Waals surface area contributed by atoms with E-state index in [9.17, 15) is 9.59 Å². The summed E-state index contributed by atoms with van der Waals surface area (Å²) in [5.41, 5.74) is 4.15. The molecular formula is C33H29NO5. The van der Waals surface area contributed by atoms with Crippen LogP contribution in [-0.4, -0.2) is 23.6 Å². The molecule has 0 saturated carbocycles. The van der Waals surface area contributed by atoms with Gasteiger partial charge in [-0.05, 0) is 60.4 Å². The van der Waals surface area contributed by atoms with Crippen molar-refractivity contribution in [1.29, 1.82) is 0 Å². The minimum absolute atomic E-state index is 0.0497. The summed E-state index contributed by atoms with van der Waals surface area (Å²) in [5, 5.41) is 12.9. The van der Waals surface area contributed by atoms with Gasteiger partial charge in [-0.15, -0.1) is 0 Å². The van der Waals surface area contributed by atoms with Crippen molar-refractivity contribution in [2.45, 2.75) is 25.3 Å². The average molecular weight is 520 g/mol. The standard InChI is InChI=1S/C33H29NO5/c35-32(36)16-9-19-38-30-15-8-7-14-27(30)31-22-26-21-25(17-18-29(26)39-31)33(37)34-28(24-12-5-2-6-13-24)20-23-10-3-1-4-11-23/h1-8,10-15,17-18,21-22,28H,9,16,19-20H2,(H,34,37)(H,35,36). The summed E-state index contributed by atoms with van der Waals surface area (Å²) in [4.78, 5) is 24.2. The van der Waals surface area contributed by atoms with Crippen molar-refractivity contribution < 1.29 is 23.8 Å². The summed E-state index contributed by atoms with van der Waals surface area (Å²) in [6, 6.07) is 34.7. The highest BCUT2D eigenvalue weighted by Gasteiger charge is 2.18. The van der Waals surface area contributed by atoms with Crippen LogP contribution in [0.5, 0.6) is 5.75 Å². The van der Waals surface area contributed by atoms with Gasteiger partial charge in [-0.1, -0.05) is 72.8 Å². The zero-order chi connectivity index (χ0) is 27.0. The lowest BCUT2D eigenvalue weighted by atomic mass is 9.98. The lowest BCUT2D eigenvalue weighted by Crippen LogP contribution is -2.30. The number of carbonyl (C=O) groups excluding carboxylic acids is 1. The first-order valence-electron chi connectivity index (χ1n) is 12.9. The second-order valence-corrected chi connectivity index (χ2v) is 9.33. The van der Waals surface area contributed by atoms with E-state index >= 15 is 0 Å². The van der Waals surface area contributed by atoms with E-state index in [1.165, 1.54) is 0 Å². The number of hydrogen-bond acceptors (Lipinski definition) is 4. The van der Waals surface area contributed by atoms with Crippen molar-refractivity contribution in [2.75, 3.05) is 6.61 Å². The third-order valence-corrected chi connectivity index (χ3v) is 6.51. The number of fused-ring (bicyclic) bond motifs is 1. The predicted octanol–water partition coefficient (Wildman–Crippen LogP) is 7.06. The van der Waals surface area contributed by atoms with Gasteiger partial charge >= 0.3 is 5.97 Å². The van der Waals surface area contributed by atoms with E-state index in [1.54, 1.807) is 12.1 Å². The van der Waals surface area contributed by atoms with Crippen molar-refractivity contribution in [3.05, 3.63) is 126 Å². The highest BCUT2D eigenvalue weighted by molar-refractivity contribution is 5.98. The lowest BCUT2D eigenvalue weighted by Gasteiger charge is -2.19. The number of carboxylic acid groups (broad SMARTS) is 1. The smallest absolute Gasteiger partial charge is 0.303 e. The normalized spacial score (nSPS) is 11.7. The predicted molar refractivity (Wildman–Crippen MR) is 151 cm³/mol. The number of ether oxygens (including phenoxy) is 1. The Morgan fingerprint density at radius 2 is 1.56 bits per heavy atom. The second-order valence-electron chi connectivity index (χ2n) is 9.33. The number of carbonyl (C=O) groups is 2. The van der Waals surface area contributed by atoms with Crippen molar-refractivity contribution in [3.8, 4) is 17.1 Å². The Bertz CT molecular complexity index is 1560. The molecule has 1 aromatic heterocycles. The molecule has 4 aromatic carbocycles. The topological polar surface area (TPSA) is 88.8 Å². The third-order valence-electron chi connectivity index (χ3n) is 6.51. The number of para-hydroxylation sites is 1. The average Bonchev–Trinajstić information content (AvgIpc) is 3.39. The minimum Gasteiger partial charge on any atom is -0.493 e. The Hall–Kier alpha value is -4.84. The largest absolute Gasteiger partial charge is 0.493 e. The van der Waals surface area contributed by atoms with E-state index in [0.29, 0.717) is 42.1 Å². The molecule has 0 saturated heterocycles. The van der Waals surface area contributed by atoms with Crippen molar-refractivity contribution in [3.63, 3.8) is 0 Å². The molecule has 0 aliphatic carbocycles. The van der Waals surface area contributed by atoms with Crippen LogP contribution in [0.1, 0.15) is 40.4 Å². The van der Waals surface area contributed by atoms with Gasteiger partial charge in [0.05, 0.1) is 18.2 Å². The molecule has 1 unspecified atom stereocenters. The number of rotatable bonds is 11. The molecule has 0 bridgehead atoms. The van der Waals surface area contributed by atoms with Crippen molar-refractivity contribution >= 4 is 22.8 Å². The SMILES string of the molecule is O=C(O)CCCOc1ccccc1-c1cc2cc(C(=O)NC(Cc3ccccc3)c3ccccc3)ccc2o1. The Morgan fingerprint density at radius 3 is 2.33 bits per heavy atom. The molecule has 196 valence electrons. The van der Waals surface area contributed by atoms with Crippen LogP contribution in [0.4, 0.5) is 0 Å². The molecule has 6 nitrogen and oxygen atoms in total. The van der Waals surface area contributed by atoms with E-state index in [2.05, 4.69) is 17.4 Å². The quantitative estimate of drug-likeness (QED) is 0.182. The van der Waals surface area contributed by atoms with E-state index in [-0.39, 0.29) is 18.4 Å². The van der Waals surface area contributed by atoms with Gasteiger partial charge in [0.2, 0.25) is 0 Å². The maximum absolute atomic E-state index is 13.4. The molecule has 0 aliphatic rings. The van der Waals surface area contributed by atoms with Gasteiger partial charge in [0.1, 0.15) is 17.1 Å². The third kappa shape index (κ3) is 6.54. The van der Waals surface area contributed by atoms with Crippen LogP contribution in [0, 0.1) is 0 Å². The number of nitrogens with one attached hydrogen (secondary N) is 1. The first-order valence-corrected chi connectivity index (χ1v) is 12.9. The summed E-state index contributed by atoms with van der Waals surface area (Å²) in [6.07, 6.45) is 1.14. The van der Waals surface area contributed by atoms with E-state index in [0.717, 1.165) is 22.1 Å². The van der Waals surface area contributed by atoms with Gasteiger partial charge in [-0.25, -0.2) is 0 Å². The van der Waals surface area contributed by atoms with Crippen LogP contribution in [0.3, 0.4) is 0 Å². The fraction of sp³-hybridized carbons (Fsp3) is 0.152. The van der Waals surface area contributed by atoms with Crippen LogP contribution >= 0.6 is 0 Å². The first kappa shape index (κ1) is 25.8. The van der Waals surface area contributed by atoms with Crippen LogP contribution in [0.15, 0.2) is 114 Å². The molecular weight excluding hydrogens is 490 g/mol. The van der Waals surface area contributed by atoms with E-state index in [1.807, 2.05) is 84.9 Å². The molecule has 0 spiro atoms. The molecule has 0 fully saturated rings. The van der Waals surface area contributed by atoms with Gasteiger partial charge in [-0.2, -0.15) is 0 Å². The van der Waals surface area contributed by atoms with E-state index < -0.39 is 5.97 Å². The summed E-state index contributed by atoms with van der Waals surface area (Å²) in [5.74, 6) is 0.222. The maximum Gasteiger partial charge on any atom is 0.303 e. The van der Waals surface area contributed by atoms with Crippen LogP contribution in [0.2, 0.25) is 0 Å². The summed E-state index contributed by atoms with van der Waals surface area (Å²) < 4.78 is 11.9. The van der Waals surface area contributed by atoms with Crippen molar-refractivity contribution in [1.82, 2.24) is 5.32 Å². The molecule has 1 amide bonds. The monoisotopic (exact) mass is 519 g/mol. The van der Waals surface area contributed by atoms with Crippen LogP contribution < -0.4 is 10.1 Å². The maximum atomic E-state index is 13.4. The molecule has 1 heterocycles. The van der Waals surface area contributed by atoms with Gasteiger partial charge in [0, 0.05) is 17.4 Å². The van der Waals surface area contributed by atoms with E-state index in [4.69, 9.17) is 14.3 Å². The molecule has 5 aromatic rings. The molecule has 39 heavy (non-hydrogen) atoms. The number of hydrogen-bond donors (Lipinski definition) is 2. The zero-order valence-corrected chi connectivity index (χ0v) is 21.4. The van der Waals surface area contributed by atoms with Crippen LogP contribution in [-0.2, 0) is 11.2 Å². The Balaban J connectivity index is 1.35. The van der Waals surface area contributed by atoms with Gasteiger partial charge in [0.25, 0.3) is 5.91 Å². The molecule has 6 heteroatoms. The molecule has 1 atom stereocenters. The summed E-state index contributed by atoms with van der Waals surface area (Å²) in [6.45, 7) is 0.291. The number of benzene rings is 4. The molecule has 5 rings (SSSR count). The summed E-state index contributed by atoms with van der Waals surface area (Å²) in [7, 11) is 0. The Labute approximate surface area is 226 Å². The van der Waals surface area contributed by atoms with Gasteiger partial charge < -0.3 is 19.6 Å². The Kier molecular flexibility index (Phi) is 8.03. The molecule has 0 aliphatic heterocycles. The molecule has 2 N–H and O–H groups in total. The van der Waals surface area contributed by atoms with Crippen molar-refractivity contribution in [2.24, 2.45) is 0 Å². The highest BCUT2D eigenvalue weighted by Crippen LogP contribution is 2.34. The van der Waals surface area contributed by atoms with Crippen LogP contribution in [0.25, 0.3) is 22.3 Å². The number of furan rings is 1. The van der Waals surface area contributed by atoms with Gasteiger partial charge in [0.15, 0.2) is 0 Å². The first-order chi connectivity index (χ1) is 19.1. The fourth-order valence-electron chi connectivity index (χ4n) is 4.55. The zero-order valence-electron chi connectivity index (χ0n) is 21.4. The number of amides is 1. The highest BCUT2D eigenvalue weighted by atomic mass is 16.5. The van der Waals surface area contributed by atoms with Gasteiger partial charge in [-0.3, -0.25) is 9.59 Å². The number of aliphatic carboxylic acids is 1. The minimum atomic E-state index is -0.848. The lowest BCUT2D eigenvalue weighted by molar-refractivity contribution is -0.137. The fourth-order valence-corrected chi connectivity index (χ4v) is 4.55.